The van der Waals surface area contributed by atoms with Gasteiger partial charge in [-0.1, -0.05) is 5.92 Å². The van der Waals surface area contributed by atoms with Crippen molar-refractivity contribution in [1.29, 1.82) is 0 Å². The van der Waals surface area contributed by atoms with E-state index in [-0.39, 0.29) is 11.9 Å². The number of rotatable bonds is 4. The van der Waals surface area contributed by atoms with E-state index in [0.29, 0.717) is 19.0 Å². The van der Waals surface area contributed by atoms with Gasteiger partial charge in [0.15, 0.2) is 0 Å². The second kappa shape index (κ2) is 6.51. The van der Waals surface area contributed by atoms with E-state index in [0.717, 1.165) is 19.5 Å². The third-order valence-corrected chi connectivity index (χ3v) is 3.18. The molecule has 0 aromatic heterocycles. The molecule has 0 bridgehead atoms. The first kappa shape index (κ1) is 13.0. The lowest BCUT2D eigenvalue weighted by Gasteiger charge is -2.35. The van der Waals surface area contributed by atoms with Crippen molar-refractivity contribution < 1.29 is 4.79 Å². The molecule has 4 heteroatoms. The summed E-state index contributed by atoms with van der Waals surface area (Å²) in [5.41, 5.74) is 5.67. The highest BCUT2D eigenvalue weighted by molar-refractivity contribution is 5.81. The molecule has 0 aromatic carbocycles. The fourth-order valence-corrected chi connectivity index (χ4v) is 2.09. The lowest BCUT2D eigenvalue weighted by Crippen LogP contribution is -2.50. The Morgan fingerprint density at radius 1 is 1.75 bits per heavy atom. The zero-order valence-corrected chi connectivity index (χ0v) is 9.91. The molecule has 1 amide bonds. The molecule has 1 aliphatic rings. The molecule has 1 saturated heterocycles. The summed E-state index contributed by atoms with van der Waals surface area (Å²) in [6.07, 6.45) is 7.40. The average Bonchev–Trinajstić information content (AvgIpc) is 2.35. The standard InChI is InChI=1S/C12H21N3O/c1-3-6-14-12(16)10(2)15-7-4-5-11(8-13)9-15/h1,10-11H,4-9,13H2,2H3,(H,14,16). The predicted octanol–water partition coefficient (Wildman–Crippen LogP) is -0.205. The van der Waals surface area contributed by atoms with Crippen LogP contribution >= 0.6 is 0 Å². The Morgan fingerprint density at radius 2 is 2.50 bits per heavy atom. The molecule has 1 heterocycles. The number of likely N-dealkylation sites (tertiary alicyclic amines) is 1. The molecular weight excluding hydrogens is 202 g/mol. The molecule has 1 aliphatic heterocycles. The van der Waals surface area contributed by atoms with E-state index in [1.54, 1.807) is 0 Å². The minimum absolute atomic E-state index is 0.00983. The molecule has 16 heavy (non-hydrogen) atoms. The third kappa shape index (κ3) is 3.51. The molecule has 0 spiro atoms. The van der Waals surface area contributed by atoms with Crippen LogP contribution in [0.15, 0.2) is 0 Å². The largest absolute Gasteiger partial charge is 0.344 e. The van der Waals surface area contributed by atoms with E-state index in [9.17, 15) is 4.79 Å². The topological polar surface area (TPSA) is 58.4 Å². The maximum Gasteiger partial charge on any atom is 0.237 e. The molecule has 0 radical (unpaired) electrons. The summed E-state index contributed by atoms with van der Waals surface area (Å²) >= 11 is 0. The number of nitrogens with zero attached hydrogens (tertiary/aromatic N) is 1. The van der Waals surface area contributed by atoms with Gasteiger partial charge in [-0.15, -0.1) is 6.42 Å². The number of amides is 1. The Balaban J connectivity index is 2.43. The van der Waals surface area contributed by atoms with Gasteiger partial charge < -0.3 is 11.1 Å². The summed E-state index contributed by atoms with van der Waals surface area (Å²) in [7, 11) is 0. The van der Waals surface area contributed by atoms with Crippen LogP contribution in [0.2, 0.25) is 0 Å². The van der Waals surface area contributed by atoms with Gasteiger partial charge in [0.25, 0.3) is 0 Å². The average molecular weight is 223 g/mol. The van der Waals surface area contributed by atoms with Crippen LogP contribution in [0.25, 0.3) is 0 Å². The highest BCUT2D eigenvalue weighted by Gasteiger charge is 2.26. The monoisotopic (exact) mass is 223 g/mol. The molecule has 2 unspecified atom stereocenters. The summed E-state index contributed by atoms with van der Waals surface area (Å²) in [6, 6.07) is -0.109. The fourth-order valence-electron chi connectivity index (χ4n) is 2.09. The first-order valence-corrected chi connectivity index (χ1v) is 5.84. The quantitative estimate of drug-likeness (QED) is 0.649. The third-order valence-electron chi connectivity index (χ3n) is 3.18. The Morgan fingerprint density at radius 3 is 3.12 bits per heavy atom. The first-order valence-electron chi connectivity index (χ1n) is 5.84. The predicted molar refractivity (Wildman–Crippen MR) is 64.7 cm³/mol. The SMILES string of the molecule is C#CCNC(=O)C(C)N1CCCC(CN)C1. The zero-order valence-electron chi connectivity index (χ0n) is 9.91. The zero-order chi connectivity index (χ0) is 12.0. The van der Waals surface area contributed by atoms with E-state index in [1.165, 1.54) is 6.42 Å². The number of carbonyl (C=O) groups is 1. The van der Waals surface area contributed by atoms with Crippen LogP contribution in [0, 0.1) is 18.3 Å². The second-order valence-corrected chi connectivity index (χ2v) is 4.34. The lowest BCUT2D eigenvalue weighted by atomic mass is 9.97. The molecule has 2 atom stereocenters. The summed E-state index contributed by atoms with van der Waals surface area (Å²) in [6.45, 7) is 4.82. The molecule has 3 N–H and O–H groups in total. The van der Waals surface area contributed by atoms with Gasteiger partial charge in [0, 0.05) is 6.54 Å². The van der Waals surface area contributed by atoms with Crippen molar-refractivity contribution in [2.24, 2.45) is 11.7 Å². The number of nitrogens with one attached hydrogen (secondary N) is 1. The van der Waals surface area contributed by atoms with Crippen LogP contribution in [0.4, 0.5) is 0 Å². The van der Waals surface area contributed by atoms with Gasteiger partial charge >= 0.3 is 0 Å². The van der Waals surface area contributed by atoms with Gasteiger partial charge in [0.05, 0.1) is 12.6 Å². The maximum absolute atomic E-state index is 11.7. The number of carbonyl (C=O) groups excluding carboxylic acids is 1. The normalized spacial score (nSPS) is 23.4. The van der Waals surface area contributed by atoms with Crippen LogP contribution in [0.1, 0.15) is 19.8 Å². The molecule has 0 saturated carbocycles. The number of piperidine rings is 1. The van der Waals surface area contributed by atoms with Crippen LogP contribution in [-0.4, -0.2) is 43.0 Å². The molecule has 1 rings (SSSR count). The van der Waals surface area contributed by atoms with Gasteiger partial charge in [0.1, 0.15) is 0 Å². The summed E-state index contributed by atoms with van der Waals surface area (Å²) in [5.74, 6) is 2.94. The van der Waals surface area contributed by atoms with Crippen LogP contribution < -0.4 is 11.1 Å². The van der Waals surface area contributed by atoms with E-state index < -0.39 is 0 Å². The van der Waals surface area contributed by atoms with E-state index in [1.807, 2.05) is 6.92 Å². The molecule has 0 aromatic rings. The second-order valence-electron chi connectivity index (χ2n) is 4.34. The van der Waals surface area contributed by atoms with Gasteiger partial charge in [-0.25, -0.2) is 0 Å². The smallest absolute Gasteiger partial charge is 0.237 e. The Kier molecular flexibility index (Phi) is 5.30. The Hall–Kier alpha value is -1.05. The molecule has 1 fully saturated rings. The van der Waals surface area contributed by atoms with Crippen LogP contribution in [0.3, 0.4) is 0 Å². The number of hydrogen-bond donors (Lipinski definition) is 2. The number of nitrogens with two attached hydrogens (primary N) is 1. The highest BCUT2D eigenvalue weighted by Crippen LogP contribution is 2.17. The van der Waals surface area contributed by atoms with E-state index >= 15 is 0 Å². The van der Waals surface area contributed by atoms with Gasteiger partial charge in [-0.05, 0) is 38.8 Å². The number of hydrogen-bond acceptors (Lipinski definition) is 3. The van der Waals surface area contributed by atoms with Crippen molar-refractivity contribution in [2.45, 2.75) is 25.8 Å². The summed E-state index contributed by atoms with van der Waals surface area (Å²) in [4.78, 5) is 13.9. The van der Waals surface area contributed by atoms with Crippen molar-refractivity contribution in [3.63, 3.8) is 0 Å². The Labute approximate surface area is 97.6 Å². The van der Waals surface area contributed by atoms with Crippen LogP contribution in [0.5, 0.6) is 0 Å². The van der Waals surface area contributed by atoms with Crippen molar-refractivity contribution in [3.8, 4) is 12.3 Å². The van der Waals surface area contributed by atoms with Crippen molar-refractivity contribution in [2.75, 3.05) is 26.2 Å². The minimum atomic E-state index is -0.109. The van der Waals surface area contributed by atoms with Crippen LogP contribution in [-0.2, 0) is 4.79 Å². The fraction of sp³-hybridized carbons (Fsp3) is 0.750. The molecule has 90 valence electrons. The highest BCUT2D eigenvalue weighted by atomic mass is 16.2. The molecule has 4 nitrogen and oxygen atoms in total. The lowest BCUT2D eigenvalue weighted by molar-refractivity contribution is -0.126. The molecular formula is C12H21N3O. The number of terminal acetylenes is 1. The first-order chi connectivity index (χ1) is 7.69. The Bertz CT molecular complexity index is 272. The minimum Gasteiger partial charge on any atom is -0.344 e. The summed E-state index contributed by atoms with van der Waals surface area (Å²) in [5, 5.41) is 2.71. The van der Waals surface area contributed by atoms with Crippen molar-refractivity contribution in [1.82, 2.24) is 10.2 Å². The van der Waals surface area contributed by atoms with Gasteiger partial charge in [-0.2, -0.15) is 0 Å². The van der Waals surface area contributed by atoms with Gasteiger partial charge in [0.2, 0.25) is 5.91 Å². The summed E-state index contributed by atoms with van der Waals surface area (Å²) < 4.78 is 0. The van der Waals surface area contributed by atoms with Gasteiger partial charge in [-0.3, -0.25) is 9.69 Å². The van der Waals surface area contributed by atoms with Crippen molar-refractivity contribution in [3.05, 3.63) is 0 Å². The van der Waals surface area contributed by atoms with Crippen molar-refractivity contribution >= 4 is 5.91 Å². The van der Waals surface area contributed by atoms with E-state index in [4.69, 9.17) is 12.2 Å². The molecule has 0 aliphatic carbocycles. The maximum atomic E-state index is 11.7. The van der Waals surface area contributed by atoms with E-state index in [2.05, 4.69) is 16.1 Å².